The van der Waals surface area contributed by atoms with E-state index in [-0.39, 0.29) is 11.5 Å². The van der Waals surface area contributed by atoms with Crippen molar-refractivity contribution in [3.8, 4) is 17.2 Å². The van der Waals surface area contributed by atoms with Crippen molar-refractivity contribution in [1.29, 1.82) is 0 Å². The summed E-state index contributed by atoms with van der Waals surface area (Å²) in [6, 6.07) is 20.3. The number of ketones is 1. The number of methoxy groups -OCH3 is 1. The molecule has 150 valence electrons. The summed E-state index contributed by atoms with van der Waals surface area (Å²) in [5, 5.41) is 0.683. The van der Waals surface area contributed by atoms with Crippen molar-refractivity contribution in [1.82, 2.24) is 0 Å². The molecule has 0 saturated heterocycles. The van der Waals surface area contributed by atoms with Crippen LogP contribution in [-0.2, 0) is 6.61 Å². The Hall–Kier alpha value is -3.50. The standard InChI is InChI=1S/C25H19ClO4/c1-28-22-7-3-2-5-18(22)6-4-8-23-25(27)21-14-13-20(15-24(21)30-23)29-16-17-9-11-19(26)12-10-17/h2-15H,16H2,1H3/b6-4+,23-8-. The van der Waals surface area contributed by atoms with Crippen LogP contribution < -0.4 is 14.2 Å². The summed E-state index contributed by atoms with van der Waals surface area (Å²) in [5.74, 6) is 1.99. The first-order valence-electron chi connectivity index (χ1n) is 9.39. The Morgan fingerprint density at radius 3 is 2.63 bits per heavy atom. The second kappa shape index (κ2) is 8.89. The minimum absolute atomic E-state index is 0.154. The zero-order chi connectivity index (χ0) is 20.9. The van der Waals surface area contributed by atoms with Gasteiger partial charge >= 0.3 is 0 Å². The molecule has 30 heavy (non-hydrogen) atoms. The SMILES string of the molecule is COc1ccccc1/C=C/C=C1\Oc2cc(OCc3ccc(Cl)cc3)ccc2C1=O. The van der Waals surface area contributed by atoms with Gasteiger partial charge in [0, 0.05) is 16.7 Å². The minimum atomic E-state index is -0.154. The smallest absolute Gasteiger partial charge is 0.231 e. The van der Waals surface area contributed by atoms with Gasteiger partial charge in [-0.3, -0.25) is 4.79 Å². The van der Waals surface area contributed by atoms with Crippen LogP contribution in [0.1, 0.15) is 21.5 Å². The average molecular weight is 419 g/mol. The average Bonchev–Trinajstić information content (AvgIpc) is 3.08. The lowest BCUT2D eigenvalue weighted by Gasteiger charge is -2.07. The second-order valence-corrected chi connectivity index (χ2v) is 7.07. The first-order chi connectivity index (χ1) is 14.6. The Bertz CT molecular complexity index is 1130. The number of hydrogen-bond donors (Lipinski definition) is 0. The molecule has 1 aliphatic heterocycles. The highest BCUT2D eigenvalue weighted by atomic mass is 35.5. The number of allylic oxidation sites excluding steroid dienone is 3. The van der Waals surface area contributed by atoms with Crippen molar-refractivity contribution in [2.75, 3.05) is 7.11 Å². The van der Waals surface area contributed by atoms with Crippen LogP contribution in [0.15, 0.2) is 84.6 Å². The van der Waals surface area contributed by atoms with Gasteiger partial charge in [-0.15, -0.1) is 0 Å². The van der Waals surface area contributed by atoms with Crippen LogP contribution in [0.3, 0.4) is 0 Å². The molecule has 0 radical (unpaired) electrons. The fraction of sp³-hybridized carbons (Fsp3) is 0.0800. The highest BCUT2D eigenvalue weighted by molar-refractivity contribution is 6.30. The molecule has 0 bridgehead atoms. The summed E-state index contributed by atoms with van der Waals surface area (Å²) >= 11 is 5.90. The fourth-order valence-electron chi connectivity index (χ4n) is 3.06. The molecule has 0 amide bonds. The first kappa shape index (κ1) is 19.8. The summed E-state index contributed by atoms with van der Waals surface area (Å²) in [4.78, 5) is 12.6. The third-order valence-corrected chi connectivity index (χ3v) is 4.87. The van der Waals surface area contributed by atoms with Crippen LogP contribution in [0.4, 0.5) is 0 Å². The number of fused-ring (bicyclic) bond motifs is 1. The molecule has 1 aliphatic rings. The minimum Gasteiger partial charge on any atom is -0.496 e. The molecule has 0 N–H and O–H groups in total. The number of carbonyl (C=O) groups excluding carboxylic acids is 1. The van der Waals surface area contributed by atoms with Gasteiger partial charge in [-0.25, -0.2) is 0 Å². The quantitative estimate of drug-likeness (QED) is 0.454. The molecular formula is C25H19ClO4. The maximum absolute atomic E-state index is 12.6. The number of Topliss-reactive ketones (excluding diaryl/α,β-unsaturated/α-hetero) is 1. The number of ether oxygens (including phenoxy) is 3. The van der Waals surface area contributed by atoms with E-state index < -0.39 is 0 Å². The van der Waals surface area contributed by atoms with Gasteiger partial charge in [-0.05, 0) is 42.0 Å². The lowest BCUT2D eigenvalue weighted by molar-refractivity contribution is 0.101. The van der Waals surface area contributed by atoms with Gasteiger partial charge in [0.15, 0.2) is 5.76 Å². The molecule has 1 heterocycles. The van der Waals surface area contributed by atoms with E-state index in [1.807, 2.05) is 54.6 Å². The topological polar surface area (TPSA) is 44.8 Å². The molecule has 3 aromatic carbocycles. The lowest BCUT2D eigenvalue weighted by atomic mass is 10.1. The van der Waals surface area contributed by atoms with E-state index in [1.165, 1.54) is 0 Å². The Balaban J connectivity index is 1.45. The maximum Gasteiger partial charge on any atom is 0.231 e. The molecule has 4 nitrogen and oxygen atoms in total. The van der Waals surface area contributed by atoms with Crippen molar-refractivity contribution in [3.05, 3.63) is 106 Å². The summed E-state index contributed by atoms with van der Waals surface area (Å²) in [7, 11) is 1.62. The van der Waals surface area contributed by atoms with Crippen molar-refractivity contribution in [2.24, 2.45) is 0 Å². The third kappa shape index (κ3) is 4.39. The van der Waals surface area contributed by atoms with Crippen molar-refractivity contribution >= 4 is 23.5 Å². The number of para-hydroxylation sites is 1. The number of halogens is 1. The molecule has 0 atom stereocenters. The Labute approximate surface area is 180 Å². The van der Waals surface area contributed by atoms with Gasteiger partial charge in [-0.1, -0.05) is 54.1 Å². The van der Waals surface area contributed by atoms with Gasteiger partial charge in [0.05, 0.1) is 12.7 Å². The monoisotopic (exact) mass is 418 g/mol. The van der Waals surface area contributed by atoms with Crippen molar-refractivity contribution < 1.29 is 19.0 Å². The number of benzene rings is 3. The van der Waals surface area contributed by atoms with Gasteiger partial charge in [0.25, 0.3) is 0 Å². The Kier molecular flexibility index (Phi) is 5.87. The van der Waals surface area contributed by atoms with Gasteiger partial charge in [0.1, 0.15) is 23.9 Å². The number of hydrogen-bond acceptors (Lipinski definition) is 4. The molecule has 0 unspecified atom stereocenters. The van der Waals surface area contributed by atoms with Gasteiger partial charge in [-0.2, -0.15) is 0 Å². The van der Waals surface area contributed by atoms with Crippen LogP contribution in [0.25, 0.3) is 6.08 Å². The molecule has 4 rings (SSSR count). The van der Waals surface area contributed by atoms with E-state index in [4.69, 9.17) is 25.8 Å². The molecule has 0 aliphatic carbocycles. The molecule has 0 aromatic heterocycles. The van der Waals surface area contributed by atoms with Crippen LogP contribution >= 0.6 is 11.6 Å². The van der Waals surface area contributed by atoms with E-state index in [0.717, 1.165) is 16.9 Å². The van der Waals surface area contributed by atoms with E-state index in [2.05, 4.69) is 0 Å². The maximum atomic E-state index is 12.6. The normalized spacial score (nSPS) is 14.1. The van der Waals surface area contributed by atoms with Crippen LogP contribution in [0, 0.1) is 0 Å². The number of rotatable bonds is 6. The fourth-order valence-corrected chi connectivity index (χ4v) is 3.19. The summed E-state index contributed by atoms with van der Waals surface area (Å²) in [5.41, 5.74) is 2.43. The van der Waals surface area contributed by atoms with Crippen molar-refractivity contribution in [2.45, 2.75) is 6.61 Å². The largest absolute Gasteiger partial charge is 0.496 e. The molecule has 0 spiro atoms. The highest BCUT2D eigenvalue weighted by Crippen LogP contribution is 2.34. The predicted octanol–water partition coefficient (Wildman–Crippen LogP) is 6.10. The first-order valence-corrected chi connectivity index (χ1v) is 9.77. The van der Waals surface area contributed by atoms with E-state index in [9.17, 15) is 4.79 Å². The van der Waals surface area contributed by atoms with Gasteiger partial charge < -0.3 is 14.2 Å². The highest BCUT2D eigenvalue weighted by Gasteiger charge is 2.27. The zero-order valence-corrected chi connectivity index (χ0v) is 17.1. The zero-order valence-electron chi connectivity index (χ0n) is 16.3. The molecule has 0 saturated carbocycles. The Morgan fingerprint density at radius 2 is 1.83 bits per heavy atom. The van der Waals surface area contributed by atoms with Crippen molar-refractivity contribution in [3.63, 3.8) is 0 Å². The molecule has 5 heteroatoms. The molecule has 3 aromatic rings. The molecule has 0 fully saturated rings. The Morgan fingerprint density at radius 1 is 1.03 bits per heavy atom. The predicted molar refractivity (Wildman–Crippen MR) is 117 cm³/mol. The van der Waals surface area contributed by atoms with Crippen LogP contribution in [0.2, 0.25) is 5.02 Å². The van der Waals surface area contributed by atoms with E-state index in [0.29, 0.717) is 28.7 Å². The second-order valence-electron chi connectivity index (χ2n) is 6.64. The summed E-state index contributed by atoms with van der Waals surface area (Å²) < 4.78 is 16.9. The van der Waals surface area contributed by atoms with E-state index >= 15 is 0 Å². The lowest BCUT2D eigenvalue weighted by Crippen LogP contribution is -1.97. The van der Waals surface area contributed by atoms with Crippen LogP contribution in [-0.4, -0.2) is 12.9 Å². The van der Waals surface area contributed by atoms with Crippen LogP contribution in [0.5, 0.6) is 17.2 Å². The third-order valence-electron chi connectivity index (χ3n) is 4.62. The summed E-state index contributed by atoms with van der Waals surface area (Å²) in [6.07, 6.45) is 5.30. The molecular weight excluding hydrogens is 400 g/mol. The number of carbonyl (C=O) groups is 1. The summed E-state index contributed by atoms with van der Waals surface area (Å²) in [6.45, 7) is 0.397. The van der Waals surface area contributed by atoms with E-state index in [1.54, 1.807) is 37.5 Å². The van der Waals surface area contributed by atoms with Gasteiger partial charge in [0.2, 0.25) is 5.78 Å².